The molecule has 0 spiro atoms. The second-order valence-electron chi connectivity index (χ2n) is 4.66. The molecule has 0 radical (unpaired) electrons. The predicted molar refractivity (Wildman–Crippen MR) is 72.1 cm³/mol. The van der Waals surface area contributed by atoms with Gasteiger partial charge in [-0.3, -0.25) is 4.79 Å². The summed E-state index contributed by atoms with van der Waals surface area (Å²) >= 11 is 5.80. The molecule has 18 heavy (non-hydrogen) atoms. The lowest BCUT2D eigenvalue weighted by Gasteiger charge is -2.16. The number of likely N-dealkylation sites (tertiary alicyclic amines) is 1. The average Bonchev–Trinajstić information content (AvgIpc) is 2.77. The van der Waals surface area contributed by atoms with Gasteiger partial charge < -0.3 is 9.64 Å². The molecule has 1 aliphatic rings. The van der Waals surface area contributed by atoms with Gasteiger partial charge in [-0.2, -0.15) is 0 Å². The second-order valence-corrected chi connectivity index (χ2v) is 4.97. The molecule has 1 amide bonds. The number of benzene rings is 1. The Balaban J connectivity index is 1.85. The minimum atomic E-state index is 0.231. The third kappa shape index (κ3) is 3.16. The van der Waals surface area contributed by atoms with E-state index in [9.17, 15) is 4.79 Å². The maximum Gasteiger partial charge on any atom is 0.222 e. The summed E-state index contributed by atoms with van der Waals surface area (Å²) in [6.45, 7) is 1.58. The van der Waals surface area contributed by atoms with Crippen molar-refractivity contribution in [3.8, 4) is 5.75 Å². The van der Waals surface area contributed by atoms with Crippen molar-refractivity contribution in [3.63, 3.8) is 0 Å². The van der Waals surface area contributed by atoms with Crippen LogP contribution in [0.1, 0.15) is 12.0 Å². The molecule has 0 saturated carbocycles. The molecule has 98 valence electrons. The minimum Gasteiger partial charge on any atom is -0.497 e. The highest BCUT2D eigenvalue weighted by atomic mass is 35.5. The van der Waals surface area contributed by atoms with Gasteiger partial charge in [0.1, 0.15) is 5.75 Å². The van der Waals surface area contributed by atoms with Gasteiger partial charge in [-0.05, 0) is 30.0 Å². The largest absolute Gasteiger partial charge is 0.497 e. The molecule has 0 aliphatic carbocycles. The summed E-state index contributed by atoms with van der Waals surface area (Å²) in [5.74, 6) is 1.99. The van der Waals surface area contributed by atoms with Crippen molar-refractivity contribution < 1.29 is 9.53 Å². The Labute approximate surface area is 113 Å². The van der Waals surface area contributed by atoms with Crippen molar-refractivity contribution in [2.24, 2.45) is 5.92 Å². The van der Waals surface area contributed by atoms with E-state index in [1.54, 1.807) is 7.11 Å². The number of amides is 1. The molecular formula is C14H18ClNO2. The highest BCUT2D eigenvalue weighted by molar-refractivity contribution is 6.18. The normalized spacial score (nSPS) is 19.3. The van der Waals surface area contributed by atoms with Gasteiger partial charge in [0.05, 0.1) is 7.11 Å². The Kier molecular flexibility index (Phi) is 4.48. The fraction of sp³-hybridized carbons (Fsp3) is 0.500. The number of carbonyl (C=O) groups excluding carboxylic acids is 1. The van der Waals surface area contributed by atoms with Gasteiger partial charge in [-0.25, -0.2) is 0 Å². The maximum absolute atomic E-state index is 11.7. The molecule has 1 heterocycles. The van der Waals surface area contributed by atoms with Crippen LogP contribution in [0.25, 0.3) is 0 Å². The number of carbonyl (C=O) groups is 1. The third-order valence-corrected chi connectivity index (χ3v) is 3.78. The van der Waals surface area contributed by atoms with E-state index in [1.165, 1.54) is 5.56 Å². The first-order valence-electron chi connectivity index (χ1n) is 6.19. The topological polar surface area (TPSA) is 29.5 Å². The molecule has 1 unspecified atom stereocenters. The summed E-state index contributed by atoms with van der Waals surface area (Å²) in [7, 11) is 1.66. The lowest BCUT2D eigenvalue weighted by atomic mass is 10.1. The van der Waals surface area contributed by atoms with Crippen LogP contribution in [-0.4, -0.2) is 36.9 Å². The van der Waals surface area contributed by atoms with Gasteiger partial charge in [-0.15, -0.1) is 11.6 Å². The summed E-state index contributed by atoms with van der Waals surface area (Å²) in [4.78, 5) is 13.6. The van der Waals surface area contributed by atoms with Crippen LogP contribution in [0.3, 0.4) is 0 Å². The van der Waals surface area contributed by atoms with Crippen LogP contribution in [0.4, 0.5) is 0 Å². The molecule has 3 nitrogen and oxygen atoms in total. The standard InChI is InChI=1S/C14H18ClNO2/c1-18-13-4-2-11(3-5-13)6-7-16-10-12(9-15)8-14(16)17/h2-5,12H,6-10H2,1H3. The molecule has 1 atom stereocenters. The van der Waals surface area contributed by atoms with Crippen molar-refractivity contribution in [1.29, 1.82) is 0 Å². The fourth-order valence-corrected chi connectivity index (χ4v) is 2.44. The zero-order valence-electron chi connectivity index (χ0n) is 10.6. The number of hydrogen-bond donors (Lipinski definition) is 0. The summed E-state index contributed by atoms with van der Waals surface area (Å²) < 4.78 is 5.11. The van der Waals surface area contributed by atoms with Crippen LogP contribution in [0, 0.1) is 5.92 Å². The molecule has 1 saturated heterocycles. The number of rotatable bonds is 5. The maximum atomic E-state index is 11.7. The molecule has 4 heteroatoms. The Morgan fingerprint density at radius 3 is 2.67 bits per heavy atom. The van der Waals surface area contributed by atoms with Gasteiger partial charge in [0.15, 0.2) is 0 Å². The zero-order valence-corrected chi connectivity index (χ0v) is 11.3. The van der Waals surface area contributed by atoms with Crippen molar-refractivity contribution in [2.45, 2.75) is 12.8 Å². The Bertz CT molecular complexity index is 405. The van der Waals surface area contributed by atoms with Crippen LogP contribution in [0.15, 0.2) is 24.3 Å². The van der Waals surface area contributed by atoms with E-state index in [4.69, 9.17) is 16.3 Å². The second kappa shape index (κ2) is 6.10. The minimum absolute atomic E-state index is 0.231. The number of hydrogen-bond acceptors (Lipinski definition) is 2. The number of ether oxygens (including phenoxy) is 1. The van der Waals surface area contributed by atoms with Crippen LogP contribution >= 0.6 is 11.6 Å². The van der Waals surface area contributed by atoms with E-state index >= 15 is 0 Å². The van der Waals surface area contributed by atoms with Gasteiger partial charge in [0.25, 0.3) is 0 Å². The first kappa shape index (κ1) is 13.2. The Morgan fingerprint density at radius 2 is 2.11 bits per heavy atom. The van der Waals surface area contributed by atoms with E-state index in [-0.39, 0.29) is 5.91 Å². The lowest BCUT2D eigenvalue weighted by Crippen LogP contribution is -2.27. The highest BCUT2D eigenvalue weighted by Gasteiger charge is 2.28. The summed E-state index contributed by atoms with van der Waals surface area (Å²) in [5.41, 5.74) is 1.22. The van der Waals surface area contributed by atoms with E-state index in [1.807, 2.05) is 29.2 Å². The van der Waals surface area contributed by atoms with Crippen LogP contribution in [0.5, 0.6) is 5.75 Å². The third-order valence-electron chi connectivity index (χ3n) is 3.34. The van der Waals surface area contributed by atoms with Gasteiger partial charge in [0.2, 0.25) is 5.91 Å². The smallest absolute Gasteiger partial charge is 0.222 e. The lowest BCUT2D eigenvalue weighted by molar-refractivity contribution is -0.127. The van der Waals surface area contributed by atoms with Gasteiger partial charge in [0, 0.05) is 25.4 Å². The fourth-order valence-electron chi connectivity index (χ4n) is 2.23. The molecule has 1 fully saturated rings. The molecule has 0 bridgehead atoms. The summed E-state index contributed by atoms with van der Waals surface area (Å²) in [6, 6.07) is 7.97. The molecule has 1 aliphatic heterocycles. The van der Waals surface area contributed by atoms with Crippen molar-refractivity contribution in [1.82, 2.24) is 4.90 Å². The number of methoxy groups -OCH3 is 1. The van der Waals surface area contributed by atoms with Crippen LogP contribution < -0.4 is 4.74 Å². The van der Waals surface area contributed by atoms with E-state index < -0.39 is 0 Å². The SMILES string of the molecule is COc1ccc(CCN2CC(CCl)CC2=O)cc1. The van der Waals surface area contributed by atoms with E-state index in [2.05, 4.69) is 0 Å². The summed E-state index contributed by atoms with van der Waals surface area (Å²) in [5, 5.41) is 0. The Hall–Kier alpha value is -1.22. The van der Waals surface area contributed by atoms with Crippen molar-refractivity contribution in [2.75, 3.05) is 26.1 Å². The molecule has 0 aromatic heterocycles. The van der Waals surface area contributed by atoms with E-state index in [0.717, 1.165) is 25.3 Å². The number of halogens is 1. The average molecular weight is 268 g/mol. The van der Waals surface area contributed by atoms with Gasteiger partial charge in [-0.1, -0.05) is 12.1 Å². The van der Waals surface area contributed by atoms with Crippen molar-refractivity contribution >= 4 is 17.5 Å². The molecular weight excluding hydrogens is 250 g/mol. The summed E-state index contributed by atoms with van der Waals surface area (Å²) in [6.07, 6.45) is 1.48. The molecule has 2 rings (SSSR count). The van der Waals surface area contributed by atoms with E-state index in [0.29, 0.717) is 18.2 Å². The first-order valence-corrected chi connectivity index (χ1v) is 6.73. The monoisotopic (exact) mass is 267 g/mol. The highest BCUT2D eigenvalue weighted by Crippen LogP contribution is 2.19. The molecule has 1 aromatic rings. The van der Waals surface area contributed by atoms with Crippen molar-refractivity contribution in [3.05, 3.63) is 29.8 Å². The van der Waals surface area contributed by atoms with Crippen LogP contribution in [0.2, 0.25) is 0 Å². The zero-order chi connectivity index (χ0) is 13.0. The van der Waals surface area contributed by atoms with Crippen LogP contribution in [-0.2, 0) is 11.2 Å². The number of nitrogens with zero attached hydrogens (tertiary/aromatic N) is 1. The quantitative estimate of drug-likeness (QED) is 0.767. The predicted octanol–water partition coefficient (Wildman–Crippen LogP) is 2.33. The van der Waals surface area contributed by atoms with Gasteiger partial charge >= 0.3 is 0 Å². The molecule has 0 N–H and O–H groups in total. The first-order chi connectivity index (χ1) is 8.72. The molecule has 1 aromatic carbocycles. The number of alkyl halides is 1. The Morgan fingerprint density at radius 1 is 1.39 bits per heavy atom.